The van der Waals surface area contributed by atoms with Crippen LogP contribution in [0.1, 0.15) is 63.4 Å². The van der Waals surface area contributed by atoms with Crippen LogP contribution in [0, 0.1) is 11.3 Å². The molecule has 4 heteroatoms. The van der Waals surface area contributed by atoms with E-state index >= 15 is 0 Å². The first kappa shape index (κ1) is 18.6. The van der Waals surface area contributed by atoms with E-state index in [1.165, 1.54) is 5.56 Å². The van der Waals surface area contributed by atoms with Gasteiger partial charge < -0.3 is 15.0 Å². The van der Waals surface area contributed by atoms with Crippen LogP contribution in [0.5, 0.6) is 0 Å². The molecule has 4 aliphatic rings. The van der Waals surface area contributed by atoms with Crippen LogP contribution in [0.3, 0.4) is 0 Å². The van der Waals surface area contributed by atoms with Crippen molar-refractivity contribution < 1.29 is 9.53 Å². The van der Waals surface area contributed by atoms with Crippen LogP contribution in [0.15, 0.2) is 30.3 Å². The highest BCUT2D eigenvalue weighted by molar-refractivity contribution is 5.86. The minimum Gasteiger partial charge on any atom is -0.381 e. The van der Waals surface area contributed by atoms with Gasteiger partial charge in [0.05, 0.1) is 5.41 Å². The summed E-state index contributed by atoms with van der Waals surface area (Å²) < 4.78 is 5.50. The third kappa shape index (κ3) is 3.09. The van der Waals surface area contributed by atoms with Gasteiger partial charge in [-0.3, -0.25) is 4.79 Å². The Morgan fingerprint density at radius 3 is 2.64 bits per heavy atom. The Balaban J connectivity index is 1.29. The highest BCUT2D eigenvalue weighted by atomic mass is 16.5. The molecule has 5 atom stereocenters. The fraction of sp³-hybridized carbons (Fsp3) is 0.708. The molecule has 1 saturated carbocycles. The van der Waals surface area contributed by atoms with Gasteiger partial charge in [0, 0.05) is 37.9 Å². The lowest BCUT2D eigenvalue weighted by atomic mass is 9.72. The average molecular weight is 383 g/mol. The van der Waals surface area contributed by atoms with Crippen molar-refractivity contribution in [3.05, 3.63) is 35.9 Å². The Morgan fingerprint density at radius 1 is 1.07 bits per heavy atom. The van der Waals surface area contributed by atoms with Gasteiger partial charge in [0.2, 0.25) is 5.91 Å². The van der Waals surface area contributed by atoms with Gasteiger partial charge in [-0.05, 0) is 62.3 Å². The highest BCUT2D eigenvalue weighted by Gasteiger charge is 2.60. The molecule has 0 bridgehead atoms. The number of ether oxygens (including phenoxy) is 1. The summed E-state index contributed by atoms with van der Waals surface area (Å²) in [5, 5.41) is 3.88. The van der Waals surface area contributed by atoms with E-state index in [0.717, 1.165) is 64.7 Å². The fourth-order valence-corrected chi connectivity index (χ4v) is 6.62. The second-order valence-electron chi connectivity index (χ2n) is 9.64. The molecule has 1 aromatic carbocycles. The largest absolute Gasteiger partial charge is 0.381 e. The Bertz CT molecular complexity index is 702. The van der Waals surface area contributed by atoms with E-state index in [2.05, 4.69) is 47.5 Å². The molecule has 1 aromatic rings. The summed E-state index contributed by atoms with van der Waals surface area (Å²) in [4.78, 5) is 15.8. The fourth-order valence-electron chi connectivity index (χ4n) is 6.62. The van der Waals surface area contributed by atoms with Gasteiger partial charge in [0.15, 0.2) is 0 Å². The molecule has 5 rings (SSSR count). The van der Waals surface area contributed by atoms with Crippen LogP contribution in [0.25, 0.3) is 0 Å². The average Bonchev–Trinajstić information content (AvgIpc) is 3.26. The molecule has 4 unspecified atom stereocenters. The minimum absolute atomic E-state index is 0.112. The van der Waals surface area contributed by atoms with Crippen molar-refractivity contribution >= 4 is 5.91 Å². The molecule has 1 spiro atoms. The van der Waals surface area contributed by atoms with E-state index in [1.54, 1.807) is 0 Å². The Labute approximate surface area is 169 Å². The van der Waals surface area contributed by atoms with Gasteiger partial charge >= 0.3 is 0 Å². The molecule has 152 valence electrons. The SMILES string of the molecule is CC1C2CC(c3ccccc3)CCN2C(=O)[C@]12CCC(NC1CCOCC1)C2. The molecular weight excluding hydrogens is 348 g/mol. The van der Waals surface area contributed by atoms with Gasteiger partial charge in [0.1, 0.15) is 0 Å². The predicted octanol–water partition coefficient (Wildman–Crippen LogP) is 3.72. The van der Waals surface area contributed by atoms with Crippen molar-refractivity contribution in [3.63, 3.8) is 0 Å². The van der Waals surface area contributed by atoms with Crippen LogP contribution in [-0.4, -0.2) is 48.7 Å². The summed E-state index contributed by atoms with van der Waals surface area (Å²) >= 11 is 0. The number of rotatable bonds is 3. The zero-order valence-electron chi connectivity index (χ0n) is 17.1. The van der Waals surface area contributed by atoms with Crippen molar-refractivity contribution in [3.8, 4) is 0 Å². The summed E-state index contributed by atoms with van der Waals surface area (Å²) in [5.41, 5.74) is 1.34. The third-order valence-electron chi connectivity index (χ3n) is 8.29. The van der Waals surface area contributed by atoms with Gasteiger partial charge in [-0.2, -0.15) is 0 Å². The summed E-state index contributed by atoms with van der Waals surface area (Å²) in [5.74, 6) is 1.53. The molecule has 3 heterocycles. The monoisotopic (exact) mass is 382 g/mol. The van der Waals surface area contributed by atoms with Crippen molar-refractivity contribution in [1.82, 2.24) is 10.2 Å². The van der Waals surface area contributed by atoms with Gasteiger partial charge in [-0.15, -0.1) is 0 Å². The Morgan fingerprint density at radius 2 is 1.86 bits per heavy atom. The van der Waals surface area contributed by atoms with Gasteiger partial charge in [-0.25, -0.2) is 0 Å². The van der Waals surface area contributed by atoms with Crippen LogP contribution in [0.2, 0.25) is 0 Å². The maximum atomic E-state index is 13.5. The first-order valence-corrected chi connectivity index (χ1v) is 11.4. The molecular formula is C24H34N2O2. The standard InChI is InChI=1S/C24H34N2O2/c1-17-22-15-19(18-5-3-2-4-6-18)8-12-26(22)23(27)24(17)11-7-21(16-24)25-20-9-13-28-14-10-20/h2-6,17,19-22,25H,7-16H2,1H3/t17?,19?,21?,22?,24-/m0/s1. The Hall–Kier alpha value is -1.39. The number of carbonyl (C=O) groups is 1. The van der Waals surface area contributed by atoms with E-state index in [4.69, 9.17) is 4.74 Å². The number of piperidine rings is 1. The quantitative estimate of drug-likeness (QED) is 0.866. The molecule has 1 amide bonds. The maximum absolute atomic E-state index is 13.5. The maximum Gasteiger partial charge on any atom is 0.229 e. The minimum atomic E-state index is -0.112. The molecule has 4 fully saturated rings. The van der Waals surface area contributed by atoms with Gasteiger partial charge in [-0.1, -0.05) is 37.3 Å². The number of hydrogen-bond donors (Lipinski definition) is 1. The zero-order valence-corrected chi connectivity index (χ0v) is 17.1. The number of nitrogens with zero attached hydrogens (tertiary/aromatic N) is 1. The number of amides is 1. The summed E-state index contributed by atoms with van der Waals surface area (Å²) in [6.07, 6.45) is 7.72. The summed E-state index contributed by atoms with van der Waals surface area (Å²) in [6, 6.07) is 12.4. The van der Waals surface area contributed by atoms with E-state index < -0.39 is 0 Å². The number of carbonyl (C=O) groups excluding carboxylic acids is 1. The lowest BCUT2D eigenvalue weighted by Crippen LogP contribution is -2.42. The molecule has 3 saturated heterocycles. The van der Waals surface area contributed by atoms with E-state index in [9.17, 15) is 4.79 Å². The third-order valence-corrected chi connectivity index (χ3v) is 8.29. The summed E-state index contributed by atoms with van der Waals surface area (Å²) in [6.45, 7) is 5.06. The first-order valence-electron chi connectivity index (χ1n) is 11.4. The van der Waals surface area contributed by atoms with Crippen LogP contribution < -0.4 is 5.32 Å². The normalized spacial score (nSPS) is 38.9. The van der Waals surface area contributed by atoms with Crippen LogP contribution in [0.4, 0.5) is 0 Å². The molecule has 1 aliphatic carbocycles. The molecule has 4 nitrogen and oxygen atoms in total. The second kappa shape index (κ2) is 7.46. The number of hydrogen-bond acceptors (Lipinski definition) is 3. The zero-order chi connectivity index (χ0) is 19.1. The number of benzene rings is 1. The van der Waals surface area contributed by atoms with Crippen molar-refractivity contribution in [2.75, 3.05) is 19.8 Å². The van der Waals surface area contributed by atoms with E-state index in [-0.39, 0.29) is 5.41 Å². The van der Waals surface area contributed by atoms with E-state index in [1.807, 2.05) is 0 Å². The smallest absolute Gasteiger partial charge is 0.229 e. The first-order chi connectivity index (χ1) is 13.7. The summed E-state index contributed by atoms with van der Waals surface area (Å²) in [7, 11) is 0. The second-order valence-corrected chi connectivity index (χ2v) is 9.64. The lowest BCUT2D eigenvalue weighted by Gasteiger charge is -2.36. The molecule has 28 heavy (non-hydrogen) atoms. The lowest BCUT2D eigenvalue weighted by molar-refractivity contribution is -0.137. The topological polar surface area (TPSA) is 41.6 Å². The Kier molecular flexibility index (Phi) is 4.96. The molecule has 0 radical (unpaired) electrons. The van der Waals surface area contributed by atoms with Crippen molar-refractivity contribution in [2.24, 2.45) is 11.3 Å². The number of nitrogens with one attached hydrogen (secondary N) is 1. The van der Waals surface area contributed by atoms with Crippen molar-refractivity contribution in [2.45, 2.75) is 75.9 Å². The predicted molar refractivity (Wildman–Crippen MR) is 110 cm³/mol. The van der Waals surface area contributed by atoms with Crippen molar-refractivity contribution in [1.29, 1.82) is 0 Å². The van der Waals surface area contributed by atoms with Gasteiger partial charge in [0.25, 0.3) is 0 Å². The van der Waals surface area contributed by atoms with Crippen LogP contribution in [-0.2, 0) is 9.53 Å². The molecule has 0 aromatic heterocycles. The van der Waals surface area contributed by atoms with E-state index in [0.29, 0.717) is 35.9 Å². The highest BCUT2D eigenvalue weighted by Crippen LogP contribution is 2.55. The molecule has 1 N–H and O–H groups in total. The molecule has 3 aliphatic heterocycles. The number of fused-ring (bicyclic) bond motifs is 1. The van der Waals surface area contributed by atoms with Crippen LogP contribution >= 0.6 is 0 Å².